The zero-order valence-electron chi connectivity index (χ0n) is 10.5. The Labute approximate surface area is 110 Å². The highest BCUT2D eigenvalue weighted by molar-refractivity contribution is 6.31. The minimum absolute atomic E-state index is 0.204. The van der Waals surface area contributed by atoms with E-state index in [9.17, 15) is 9.18 Å². The third kappa shape index (κ3) is 5.33. The third-order valence-corrected chi connectivity index (χ3v) is 2.24. The van der Waals surface area contributed by atoms with Crippen molar-refractivity contribution in [2.24, 2.45) is 0 Å². The topological polar surface area (TPSA) is 50.4 Å². The van der Waals surface area contributed by atoms with Gasteiger partial charge in [-0.1, -0.05) is 11.6 Å². The number of carbonyl (C=O) groups excluding carboxylic acids is 1. The highest BCUT2D eigenvalue weighted by Gasteiger charge is 2.15. The maximum Gasteiger partial charge on any atom is 0.422 e. The van der Waals surface area contributed by atoms with Gasteiger partial charge in [-0.05, 0) is 44.5 Å². The molecule has 2 N–H and O–H groups in total. The summed E-state index contributed by atoms with van der Waals surface area (Å²) in [4.78, 5) is 11.3. The number of rotatable bonds is 3. The number of ether oxygens (including phenoxy) is 1. The molecule has 0 radical (unpaired) electrons. The Kier molecular flexibility index (Phi) is 4.93. The lowest BCUT2D eigenvalue weighted by Crippen LogP contribution is -2.40. The summed E-state index contributed by atoms with van der Waals surface area (Å²) in [5.74, 6) is -0.381. The Balaban J connectivity index is 2.42. The van der Waals surface area contributed by atoms with E-state index in [2.05, 4.69) is 10.9 Å². The van der Waals surface area contributed by atoms with Gasteiger partial charge in [-0.2, -0.15) is 0 Å². The molecule has 18 heavy (non-hydrogen) atoms. The van der Waals surface area contributed by atoms with Gasteiger partial charge in [0.25, 0.3) is 0 Å². The summed E-state index contributed by atoms with van der Waals surface area (Å²) in [6.45, 7) is 5.48. The molecular formula is C12H16ClFN2O2. The molecule has 6 heteroatoms. The number of benzene rings is 1. The predicted molar refractivity (Wildman–Crippen MR) is 67.6 cm³/mol. The summed E-state index contributed by atoms with van der Waals surface area (Å²) >= 11 is 5.87. The molecule has 0 unspecified atom stereocenters. The average molecular weight is 275 g/mol. The molecule has 0 aliphatic rings. The van der Waals surface area contributed by atoms with Crippen LogP contribution in [0.25, 0.3) is 0 Å². The Morgan fingerprint density at radius 2 is 2.11 bits per heavy atom. The van der Waals surface area contributed by atoms with Gasteiger partial charge >= 0.3 is 6.09 Å². The van der Waals surface area contributed by atoms with Crippen LogP contribution in [0.3, 0.4) is 0 Å². The molecule has 1 aromatic carbocycles. The summed E-state index contributed by atoms with van der Waals surface area (Å²) in [5.41, 5.74) is 4.94. The minimum atomic E-state index is -0.602. The molecule has 0 fully saturated rings. The number of halogens is 2. The normalized spacial score (nSPS) is 11.2. The van der Waals surface area contributed by atoms with Crippen molar-refractivity contribution in [2.75, 3.05) is 0 Å². The van der Waals surface area contributed by atoms with Gasteiger partial charge in [0.2, 0.25) is 0 Å². The van der Waals surface area contributed by atoms with Crippen LogP contribution < -0.4 is 10.9 Å². The van der Waals surface area contributed by atoms with Gasteiger partial charge < -0.3 is 4.74 Å². The van der Waals surface area contributed by atoms with Crippen LogP contribution in [0.4, 0.5) is 9.18 Å². The molecule has 100 valence electrons. The Morgan fingerprint density at radius 1 is 1.44 bits per heavy atom. The lowest BCUT2D eigenvalue weighted by Gasteiger charge is -2.19. The Bertz CT molecular complexity index is 433. The molecule has 0 atom stereocenters. The van der Waals surface area contributed by atoms with Gasteiger partial charge in [0.15, 0.2) is 0 Å². The van der Waals surface area contributed by atoms with Gasteiger partial charge in [-0.15, -0.1) is 0 Å². The molecule has 1 rings (SSSR count). The molecule has 0 bridgehead atoms. The molecular weight excluding hydrogens is 259 g/mol. The number of amides is 1. The summed E-state index contributed by atoms with van der Waals surface area (Å²) in [6, 6.07) is 4.03. The van der Waals surface area contributed by atoms with E-state index in [1.807, 2.05) is 0 Å². The van der Waals surface area contributed by atoms with Crippen molar-refractivity contribution >= 4 is 17.7 Å². The van der Waals surface area contributed by atoms with E-state index in [1.165, 1.54) is 18.2 Å². The third-order valence-electron chi connectivity index (χ3n) is 1.88. The van der Waals surface area contributed by atoms with Gasteiger partial charge in [0, 0.05) is 11.6 Å². The average Bonchev–Trinajstić information content (AvgIpc) is 2.20. The van der Waals surface area contributed by atoms with E-state index in [0.717, 1.165) is 0 Å². The number of hydrogen-bond acceptors (Lipinski definition) is 3. The SMILES string of the molecule is CC(C)(C)OC(=O)NNCc1cc(F)ccc1Cl. The minimum Gasteiger partial charge on any atom is -0.443 e. The number of hydrogen-bond donors (Lipinski definition) is 2. The molecule has 0 aliphatic heterocycles. The molecule has 1 aromatic rings. The second-order valence-electron chi connectivity index (χ2n) is 4.72. The van der Waals surface area contributed by atoms with Crippen molar-refractivity contribution in [1.29, 1.82) is 0 Å². The lowest BCUT2D eigenvalue weighted by atomic mass is 10.2. The van der Waals surface area contributed by atoms with Crippen molar-refractivity contribution < 1.29 is 13.9 Å². The summed E-state index contributed by atoms with van der Waals surface area (Å²) < 4.78 is 18.0. The van der Waals surface area contributed by atoms with E-state index in [0.29, 0.717) is 10.6 Å². The molecule has 0 heterocycles. The summed E-state index contributed by atoms with van der Waals surface area (Å²) in [5, 5.41) is 0.426. The van der Waals surface area contributed by atoms with E-state index >= 15 is 0 Å². The van der Waals surface area contributed by atoms with E-state index in [1.54, 1.807) is 20.8 Å². The standard InChI is InChI=1S/C12H16ClFN2O2/c1-12(2,3)18-11(17)16-15-7-8-6-9(14)4-5-10(8)13/h4-6,15H,7H2,1-3H3,(H,16,17). The molecule has 0 spiro atoms. The fourth-order valence-electron chi connectivity index (χ4n) is 1.19. The maximum atomic E-state index is 13.0. The highest BCUT2D eigenvalue weighted by atomic mass is 35.5. The van der Waals surface area contributed by atoms with Crippen molar-refractivity contribution in [3.05, 3.63) is 34.6 Å². The smallest absolute Gasteiger partial charge is 0.422 e. The van der Waals surface area contributed by atoms with Gasteiger partial charge in [0.05, 0.1) is 0 Å². The van der Waals surface area contributed by atoms with Crippen molar-refractivity contribution in [3.63, 3.8) is 0 Å². The summed E-state index contributed by atoms with van der Waals surface area (Å²) in [7, 11) is 0. The van der Waals surface area contributed by atoms with Crippen LogP contribution in [0, 0.1) is 5.82 Å². The number of hydrazine groups is 1. The van der Waals surface area contributed by atoms with E-state index in [-0.39, 0.29) is 12.4 Å². The quantitative estimate of drug-likeness (QED) is 0.833. The number of carbonyl (C=O) groups is 1. The molecule has 0 aromatic heterocycles. The fourth-order valence-corrected chi connectivity index (χ4v) is 1.38. The molecule has 1 amide bonds. The summed E-state index contributed by atoms with van der Waals surface area (Å²) in [6.07, 6.45) is -0.602. The molecule has 0 aliphatic carbocycles. The van der Waals surface area contributed by atoms with Crippen molar-refractivity contribution in [2.45, 2.75) is 32.9 Å². The van der Waals surface area contributed by atoms with Crippen LogP contribution in [0.5, 0.6) is 0 Å². The van der Waals surface area contributed by atoms with Crippen LogP contribution in [0.15, 0.2) is 18.2 Å². The first kappa shape index (κ1) is 14.7. The first-order valence-electron chi connectivity index (χ1n) is 5.44. The van der Waals surface area contributed by atoms with Crippen LogP contribution in [0.2, 0.25) is 5.02 Å². The van der Waals surface area contributed by atoms with Crippen LogP contribution in [-0.2, 0) is 11.3 Å². The first-order valence-corrected chi connectivity index (χ1v) is 5.81. The first-order chi connectivity index (χ1) is 8.28. The second-order valence-corrected chi connectivity index (χ2v) is 5.12. The van der Waals surface area contributed by atoms with Gasteiger partial charge in [-0.3, -0.25) is 5.43 Å². The predicted octanol–water partition coefficient (Wildman–Crippen LogP) is 3.01. The zero-order valence-corrected chi connectivity index (χ0v) is 11.3. The van der Waals surface area contributed by atoms with E-state index in [4.69, 9.17) is 16.3 Å². The lowest BCUT2D eigenvalue weighted by molar-refractivity contribution is 0.0497. The number of nitrogens with one attached hydrogen (secondary N) is 2. The second kappa shape index (κ2) is 6.02. The largest absolute Gasteiger partial charge is 0.443 e. The van der Waals surface area contributed by atoms with Gasteiger partial charge in [-0.25, -0.2) is 14.6 Å². The Hall–Kier alpha value is -1.33. The zero-order chi connectivity index (χ0) is 13.8. The highest BCUT2D eigenvalue weighted by Crippen LogP contribution is 2.16. The molecule has 4 nitrogen and oxygen atoms in total. The maximum absolute atomic E-state index is 13.0. The van der Waals surface area contributed by atoms with E-state index < -0.39 is 11.7 Å². The van der Waals surface area contributed by atoms with Crippen LogP contribution >= 0.6 is 11.6 Å². The van der Waals surface area contributed by atoms with Crippen LogP contribution in [-0.4, -0.2) is 11.7 Å². The van der Waals surface area contributed by atoms with Gasteiger partial charge in [0.1, 0.15) is 11.4 Å². The Morgan fingerprint density at radius 3 is 2.72 bits per heavy atom. The van der Waals surface area contributed by atoms with Crippen molar-refractivity contribution in [3.8, 4) is 0 Å². The van der Waals surface area contributed by atoms with Crippen molar-refractivity contribution in [1.82, 2.24) is 10.9 Å². The monoisotopic (exact) mass is 274 g/mol. The molecule has 0 saturated carbocycles. The fraction of sp³-hybridized carbons (Fsp3) is 0.417. The molecule has 0 saturated heterocycles. The van der Waals surface area contributed by atoms with Crippen LogP contribution in [0.1, 0.15) is 26.3 Å².